The summed E-state index contributed by atoms with van der Waals surface area (Å²) in [5.41, 5.74) is 1.46. The topological polar surface area (TPSA) is 84.5 Å². The number of halogens is 1. The molecule has 0 saturated carbocycles. The molecular weight excluding hydrogens is 395 g/mol. The smallest absolute Gasteiger partial charge is 0.255 e. The molecule has 0 aliphatic carbocycles. The lowest BCUT2D eigenvalue weighted by Gasteiger charge is -2.21. The summed E-state index contributed by atoms with van der Waals surface area (Å²) >= 11 is 0. The van der Waals surface area contributed by atoms with Gasteiger partial charge in [-0.25, -0.2) is 17.5 Å². The Bertz CT molecular complexity index is 1070. The van der Waals surface area contributed by atoms with Crippen molar-refractivity contribution in [3.8, 4) is 0 Å². The van der Waals surface area contributed by atoms with E-state index in [9.17, 15) is 17.6 Å². The fraction of sp³-hybridized carbons (Fsp3) is 0.381. The lowest BCUT2D eigenvalue weighted by Crippen LogP contribution is -2.41. The first kappa shape index (κ1) is 20.0. The van der Waals surface area contributed by atoms with Crippen LogP contribution in [0.15, 0.2) is 41.3 Å². The van der Waals surface area contributed by atoms with Gasteiger partial charge in [0.2, 0.25) is 10.0 Å². The van der Waals surface area contributed by atoms with E-state index >= 15 is 0 Å². The zero-order chi connectivity index (χ0) is 20.8. The van der Waals surface area contributed by atoms with Crippen LogP contribution < -0.4 is 10.0 Å². The molecule has 2 fully saturated rings. The van der Waals surface area contributed by atoms with Crippen LogP contribution in [-0.2, 0) is 14.8 Å². The molecule has 8 heteroatoms. The average molecular weight is 418 g/mol. The molecule has 0 aromatic heterocycles. The van der Waals surface area contributed by atoms with Crippen molar-refractivity contribution in [1.29, 1.82) is 0 Å². The average Bonchev–Trinajstić information content (AvgIpc) is 3.27. The monoisotopic (exact) mass is 418 g/mol. The SMILES string of the molecule is Cc1cc(NC(=O)c2cccc(S(=O)(=O)NC3CC4CCC3O4)c2C)ccc1F. The fourth-order valence-electron chi connectivity index (χ4n) is 4.10. The number of nitrogens with one attached hydrogen (secondary N) is 2. The third-order valence-corrected chi connectivity index (χ3v) is 7.28. The Morgan fingerprint density at radius 1 is 1.17 bits per heavy atom. The number of hydrogen-bond donors (Lipinski definition) is 2. The van der Waals surface area contributed by atoms with E-state index in [1.807, 2.05) is 0 Å². The molecule has 2 aromatic carbocycles. The quantitative estimate of drug-likeness (QED) is 0.780. The highest BCUT2D eigenvalue weighted by molar-refractivity contribution is 7.89. The van der Waals surface area contributed by atoms with E-state index in [1.54, 1.807) is 26.0 Å². The Labute approximate surface area is 169 Å². The van der Waals surface area contributed by atoms with Crippen molar-refractivity contribution >= 4 is 21.6 Å². The highest BCUT2D eigenvalue weighted by atomic mass is 32.2. The van der Waals surface area contributed by atoms with Crippen LogP contribution in [0.25, 0.3) is 0 Å². The third-order valence-electron chi connectivity index (χ3n) is 5.65. The second-order valence-corrected chi connectivity index (χ2v) is 9.37. The van der Waals surface area contributed by atoms with E-state index in [-0.39, 0.29) is 34.5 Å². The highest BCUT2D eigenvalue weighted by Gasteiger charge is 2.42. The maximum Gasteiger partial charge on any atom is 0.255 e. The van der Waals surface area contributed by atoms with Gasteiger partial charge in [0, 0.05) is 11.3 Å². The van der Waals surface area contributed by atoms with Gasteiger partial charge < -0.3 is 10.1 Å². The minimum Gasteiger partial charge on any atom is -0.373 e. The van der Waals surface area contributed by atoms with E-state index in [4.69, 9.17) is 4.74 Å². The lowest BCUT2D eigenvalue weighted by molar-refractivity contribution is 0.0995. The van der Waals surface area contributed by atoms with Gasteiger partial charge in [-0.05, 0) is 74.6 Å². The first-order valence-electron chi connectivity index (χ1n) is 9.59. The van der Waals surface area contributed by atoms with Gasteiger partial charge in [0.15, 0.2) is 0 Å². The highest BCUT2D eigenvalue weighted by Crippen LogP contribution is 2.35. The molecule has 2 bridgehead atoms. The number of aryl methyl sites for hydroxylation is 1. The third kappa shape index (κ3) is 3.92. The van der Waals surface area contributed by atoms with Crippen LogP contribution in [0.5, 0.6) is 0 Å². The Hall–Kier alpha value is -2.29. The zero-order valence-corrected chi connectivity index (χ0v) is 17.1. The van der Waals surface area contributed by atoms with E-state index in [2.05, 4.69) is 10.0 Å². The van der Waals surface area contributed by atoms with Crippen molar-refractivity contribution in [2.75, 3.05) is 5.32 Å². The van der Waals surface area contributed by atoms with Crippen molar-refractivity contribution in [3.63, 3.8) is 0 Å². The number of carbonyl (C=O) groups is 1. The maximum absolute atomic E-state index is 13.4. The summed E-state index contributed by atoms with van der Waals surface area (Å²) < 4.78 is 47.8. The second-order valence-electron chi connectivity index (χ2n) is 7.68. The zero-order valence-electron chi connectivity index (χ0n) is 16.2. The van der Waals surface area contributed by atoms with Gasteiger partial charge in [-0.2, -0.15) is 0 Å². The Morgan fingerprint density at radius 3 is 2.62 bits per heavy atom. The standard InChI is InChI=1S/C21H23FN2O4S/c1-12-10-14(6-8-17(12)22)23-21(25)16-4-3-5-20(13(16)2)29(26,27)24-18-11-15-7-9-19(18)28-15/h3-6,8,10,15,18-19,24H,7,9,11H2,1-2H3,(H,23,25). The van der Waals surface area contributed by atoms with Crippen LogP contribution in [0, 0.1) is 19.7 Å². The molecule has 2 aliphatic rings. The molecule has 1 amide bonds. The van der Waals surface area contributed by atoms with E-state index in [1.165, 1.54) is 24.3 Å². The molecule has 2 saturated heterocycles. The van der Waals surface area contributed by atoms with Gasteiger partial charge >= 0.3 is 0 Å². The molecule has 0 spiro atoms. The molecule has 3 atom stereocenters. The summed E-state index contributed by atoms with van der Waals surface area (Å²) in [6.45, 7) is 3.21. The fourth-order valence-corrected chi connectivity index (χ4v) is 5.64. The number of benzene rings is 2. The predicted molar refractivity (Wildman–Crippen MR) is 107 cm³/mol. The molecular formula is C21H23FN2O4S. The van der Waals surface area contributed by atoms with Crippen molar-refractivity contribution in [1.82, 2.24) is 4.72 Å². The van der Waals surface area contributed by atoms with Crippen molar-refractivity contribution in [3.05, 3.63) is 58.9 Å². The molecule has 154 valence electrons. The molecule has 3 unspecified atom stereocenters. The molecule has 4 rings (SSSR count). The summed E-state index contributed by atoms with van der Waals surface area (Å²) in [6, 6.07) is 8.64. The summed E-state index contributed by atoms with van der Waals surface area (Å²) in [5.74, 6) is -0.809. The summed E-state index contributed by atoms with van der Waals surface area (Å²) in [5, 5.41) is 2.70. The van der Waals surface area contributed by atoms with Crippen LogP contribution in [0.1, 0.15) is 40.7 Å². The Balaban J connectivity index is 1.56. The normalized spacial score (nSPS) is 23.3. The molecule has 2 heterocycles. The van der Waals surface area contributed by atoms with Gasteiger partial charge in [0.1, 0.15) is 5.82 Å². The maximum atomic E-state index is 13.4. The van der Waals surface area contributed by atoms with Crippen LogP contribution in [-0.4, -0.2) is 32.6 Å². The summed E-state index contributed by atoms with van der Waals surface area (Å²) in [4.78, 5) is 12.8. The van der Waals surface area contributed by atoms with E-state index in [0.29, 0.717) is 23.2 Å². The first-order valence-corrected chi connectivity index (χ1v) is 11.1. The van der Waals surface area contributed by atoms with Crippen molar-refractivity contribution < 1.29 is 22.3 Å². The van der Waals surface area contributed by atoms with Crippen molar-refractivity contribution in [2.45, 2.75) is 56.3 Å². The van der Waals surface area contributed by atoms with Crippen LogP contribution in [0.2, 0.25) is 0 Å². The van der Waals surface area contributed by atoms with Gasteiger partial charge in [-0.3, -0.25) is 4.79 Å². The Kier molecular flexibility index (Phi) is 5.18. The number of anilines is 1. The van der Waals surface area contributed by atoms with Gasteiger partial charge in [0.25, 0.3) is 5.91 Å². The molecule has 0 radical (unpaired) electrons. The number of fused-ring (bicyclic) bond motifs is 2. The number of amides is 1. The number of carbonyl (C=O) groups excluding carboxylic acids is 1. The van der Waals surface area contributed by atoms with Crippen LogP contribution in [0.4, 0.5) is 10.1 Å². The minimum atomic E-state index is -3.80. The molecule has 2 aromatic rings. The first-order chi connectivity index (χ1) is 13.7. The van der Waals surface area contributed by atoms with Crippen molar-refractivity contribution in [2.24, 2.45) is 0 Å². The lowest BCUT2D eigenvalue weighted by atomic mass is 9.96. The molecule has 29 heavy (non-hydrogen) atoms. The van der Waals surface area contributed by atoms with E-state index < -0.39 is 15.9 Å². The molecule has 6 nitrogen and oxygen atoms in total. The predicted octanol–water partition coefficient (Wildman–Crippen LogP) is 3.29. The number of sulfonamides is 1. The summed E-state index contributed by atoms with van der Waals surface area (Å²) in [7, 11) is -3.80. The minimum absolute atomic E-state index is 0.0724. The van der Waals surface area contributed by atoms with Gasteiger partial charge in [0.05, 0.1) is 23.1 Å². The molecule has 2 aliphatic heterocycles. The van der Waals surface area contributed by atoms with E-state index in [0.717, 1.165) is 12.8 Å². The number of hydrogen-bond acceptors (Lipinski definition) is 4. The summed E-state index contributed by atoms with van der Waals surface area (Å²) in [6.07, 6.45) is 2.55. The largest absolute Gasteiger partial charge is 0.373 e. The number of ether oxygens (including phenoxy) is 1. The van der Waals surface area contributed by atoms with Crippen LogP contribution in [0.3, 0.4) is 0 Å². The Morgan fingerprint density at radius 2 is 1.97 bits per heavy atom. The van der Waals surface area contributed by atoms with Crippen LogP contribution >= 0.6 is 0 Å². The second kappa shape index (κ2) is 7.51. The molecule has 2 N–H and O–H groups in total. The van der Waals surface area contributed by atoms with Gasteiger partial charge in [-0.1, -0.05) is 6.07 Å². The van der Waals surface area contributed by atoms with Gasteiger partial charge in [-0.15, -0.1) is 0 Å². The number of rotatable bonds is 5.